The fourth-order valence-electron chi connectivity index (χ4n) is 4.40. The molecule has 1 N–H and O–H groups in total. The molecule has 0 radical (unpaired) electrons. The summed E-state index contributed by atoms with van der Waals surface area (Å²) in [6.45, 7) is 5.28. The van der Waals surface area contributed by atoms with E-state index in [9.17, 15) is 9.59 Å². The van der Waals surface area contributed by atoms with Gasteiger partial charge in [0.2, 0.25) is 0 Å². The molecule has 1 aromatic heterocycles. The first-order valence-electron chi connectivity index (χ1n) is 11.2. The predicted molar refractivity (Wildman–Crippen MR) is 129 cm³/mol. The van der Waals surface area contributed by atoms with Crippen LogP contribution in [0.1, 0.15) is 38.3 Å². The largest absolute Gasteiger partial charge is 0.464 e. The molecule has 4 aromatic rings. The summed E-state index contributed by atoms with van der Waals surface area (Å²) in [7, 11) is 0. The Bertz CT molecular complexity index is 1350. The van der Waals surface area contributed by atoms with Crippen molar-refractivity contribution in [2.75, 3.05) is 13.1 Å². The van der Waals surface area contributed by atoms with Crippen molar-refractivity contribution in [3.63, 3.8) is 0 Å². The highest BCUT2D eigenvalue weighted by Crippen LogP contribution is 2.29. The van der Waals surface area contributed by atoms with Gasteiger partial charge in [-0.05, 0) is 66.8 Å². The van der Waals surface area contributed by atoms with Crippen molar-refractivity contribution >= 4 is 22.8 Å². The fraction of sp³-hybridized carbons (Fsp3) is 0.214. The van der Waals surface area contributed by atoms with Gasteiger partial charge in [-0.15, -0.1) is 0 Å². The minimum Gasteiger partial charge on any atom is -0.464 e. The summed E-state index contributed by atoms with van der Waals surface area (Å²) in [6.07, 6.45) is 2.45. The minimum atomic E-state index is -0.156. The summed E-state index contributed by atoms with van der Waals surface area (Å²) in [6, 6.07) is 21.3. The number of carbonyl (C=O) groups is 2. The van der Waals surface area contributed by atoms with Crippen LogP contribution in [0.5, 0.6) is 0 Å². The van der Waals surface area contributed by atoms with E-state index < -0.39 is 0 Å². The second-order valence-electron chi connectivity index (χ2n) is 8.63. The maximum atomic E-state index is 13.4. The van der Waals surface area contributed by atoms with Crippen LogP contribution >= 0.6 is 0 Å². The van der Waals surface area contributed by atoms with Crippen molar-refractivity contribution in [3.05, 3.63) is 95.2 Å². The quantitative estimate of drug-likeness (QED) is 0.456. The standard InChI is InChI=1S/C28H26N2O3/c1-18-10-11-20(16-19(18)2)22-6-3-4-7-25(22)28(32)30-14-12-21(30)17-29-27(31)24-8-5-9-26-23(24)13-15-33-26/h3-11,13,15-16,21H,12,14,17H2,1-2H3,(H,29,31). The summed E-state index contributed by atoms with van der Waals surface area (Å²) in [5.74, 6) is -0.150. The van der Waals surface area contributed by atoms with E-state index in [0.29, 0.717) is 29.8 Å². The SMILES string of the molecule is Cc1ccc(-c2ccccc2C(=O)N2CCC2CNC(=O)c2cccc3occc23)cc1C. The number of furan rings is 1. The molecule has 1 fully saturated rings. The third kappa shape index (κ3) is 3.91. The number of aryl methyl sites for hydroxylation is 2. The third-order valence-electron chi connectivity index (χ3n) is 6.62. The number of amides is 2. The van der Waals surface area contributed by atoms with Gasteiger partial charge in [-0.2, -0.15) is 0 Å². The summed E-state index contributed by atoms with van der Waals surface area (Å²) in [5.41, 5.74) is 6.37. The number of carbonyl (C=O) groups excluding carboxylic acids is 2. The van der Waals surface area contributed by atoms with E-state index in [4.69, 9.17) is 4.42 Å². The van der Waals surface area contributed by atoms with Gasteiger partial charge in [0.1, 0.15) is 5.58 Å². The van der Waals surface area contributed by atoms with Crippen LogP contribution in [0, 0.1) is 13.8 Å². The van der Waals surface area contributed by atoms with Crippen LogP contribution in [0.4, 0.5) is 0 Å². The number of rotatable bonds is 5. The molecule has 0 aliphatic carbocycles. The average Bonchev–Trinajstić information content (AvgIpc) is 3.29. The lowest BCUT2D eigenvalue weighted by molar-refractivity contribution is 0.0456. The molecular weight excluding hydrogens is 412 g/mol. The van der Waals surface area contributed by atoms with Gasteiger partial charge in [0.05, 0.1) is 17.9 Å². The van der Waals surface area contributed by atoms with Gasteiger partial charge in [-0.25, -0.2) is 0 Å². The normalized spacial score (nSPS) is 15.3. The van der Waals surface area contributed by atoms with E-state index in [1.54, 1.807) is 18.4 Å². The second kappa shape index (κ2) is 8.58. The van der Waals surface area contributed by atoms with Crippen LogP contribution in [0.15, 0.2) is 77.4 Å². The predicted octanol–water partition coefficient (Wildman–Crippen LogP) is 5.36. The van der Waals surface area contributed by atoms with Gasteiger partial charge in [-0.3, -0.25) is 9.59 Å². The Morgan fingerprint density at radius 2 is 1.79 bits per heavy atom. The maximum absolute atomic E-state index is 13.4. The minimum absolute atomic E-state index is 0.00580. The highest BCUT2D eigenvalue weighted by Gasteiger charge is 2.34. The lowest BCUT2D eigenvalue weighted by atomic mass is 9.94. The molecule has 5 rings (SSSR count). The van der Waals surface area contributed by atoms with Crippen LogP contribution in [0.3, 0.4) is 0 Å². The van der Waals surface area contributed by atoms with Crippen molar-refractivity contribution in [3.8, 4) is 11.1 Å². The van der Waals surface area contributed by atoms with Crippen molar-refractivity contribution in [1.82, 2.24) is 10.2 Å². The molecule has 1 aliphatic heterocycles. The molecule has 5 nitrogen and oxygen atoms in total. The first-order chi connectivity index (χ1) is 16.0. The molecule has 1 aliphatic rings. The molecule has 1 saturated heterocycles. The van der Waals surface area contributed by atoms with E-state index in [2.05, 4.69) is 37.4 Å². The highest BCUT2D eigenvalue weighted by atomic mass is 16.3. The Morgan fingerprint density at radius 3 is 2.58 bits per heavy atom. The zero-order valence-corrected chi connectivity index (χ0v) is 18.8. The Hall–Kier alpha value is -3.86. The van der Waals surface area contributed by atoms with Crippen LogP contribution < -0.4 is 5.32 Å². The van der Waals surface area contributed by atoms with Crippen molar-refractivity contribution in [2.45, 2.75) is 26.3 Å². The van der Waals surface area contributed by atoms with Gasteiger partial charge in [0.25, 0.3) is 11.8 Å². The van der Waals surface area contributed by atoms with Gasteiger partial charge in [0, 0.05) is 24.0 Å². The number of hydrogen-bond acceptors (Lipinski definition) is 3. The summed E-state index contributed by atoms with van der Waals surface area (Å²) >= 11 is 0. The van der Waals surface area contributed by atoms with E-state index in [-0.39, 0.29) is 17.9 Å². The molecule has 0 saturated carbocycles. The Balaban J connectivity index is 1.31. The number of hydrogen-bond donors (Lipinski definition) is 1. The number of fused-ring (bicyclic) bond motifs is 1. The Labute approximate surface area is 193 Å². The maximum Gasteiger partial charge on any atom is 0.254 e. The van der Waals surface area contributed by atoms with Crippen LogP contribution in [-0.4, -0.2) is 35.8 Å². The van der Waals surface area contributed by atoms with Gasteiger partial charge < -0.3 is 14.6 Å². The van der Waals surface area contributed by atoms with Gasteiger partial charge >= 0.3 is 0 Å². The number of nitrogens with zero attached hydrogens (tertiary/aromatic N) is 1. The molecule has 0 bridgehead atoms. The molecule has 1 atom stereocenters. The summed E-state index contributed by atoms with van der Waals surface area (Å²) in [4.78, 5) is 28.1. The second-order valence-corrected chi connectivity index (χ2v) is 8.63. The molecule has 5 heteroatoms. The summed E-state index contributed by atoms with van der Waals surface area (Å²) < 4.78 is 5.39. The van der Waals surface area contributed by atoms with Crippen LogP contribution in [0.25, 0.3) is 22.1 Å². The topological polar surface area (TPSA) is 62.6 Å². The molecule has 3 aromatic carbocycles. The van der Waals surface area contributed by atoms with Crippen LogP contribution in [0.2, 0.25) is 0 Å². The molecule has 2 heterocycles. The molecule has 1 unspecified atom stereocenters. The van der Waals surface area contributed by atoms with Gasteiger partial charge in [-0.1, -0.05) is 42.5 Å². The first-order valence-corrected chi connectivity index (χ1v) is 11.2. The lowest BCUT2D eigenvalue weighted by Gasteiger charge is -2.41. The smallest absolute Gasteiger partial charge is 0.254 e. The van der Waals surface area contributed by atoms with E-state index in [1.165, 1.54) is 11.1 Å². The molecule has 166 valence electrons. The number of likely N-dealkylation sites (tertiary alicyclic amines) is 1. The lowest BCUT2D eigenvalue weighted by Crippen LogP contribution is -2.56. The average molecular weight is 439 g/mol. The van der Waals surface area contributed by atoms with Crippen molar-refractivity contribution < 1.29 is 14.0 Å². The number of nitrogens with one attached hydrogen (secondary N) is 1. The van der Waals surface area contributed by atoms with E-state index >= 15 is 0 Å². The Kier molecular flexibility index (Phi) is 5.47. The molecular formula is C28H26N2O3. The number of benzene rings is 3. The zero-order valence-electron chi connectivity index (χ0n) is 18.8. The van der Waals surface area contributed by atoms with Crippen molar-refractivity contribution in [1.29, 1.82) is 0 Å². The Morgan fingerprint density at radius 1 is 0.970 bits per heavy atom. The fourth-order valence-corrected chi connectivity index (χ4v) is 4.40. The highest BCUT2D eigenvalue weighted by molar-refractivity contribution is 6.06. The summed E-state index contributed by atoms with van der Waals surface area (Å²) in [5, 5.41) is 3.80. The van der Waals surface area contributed by atoms with E-state index in [1.807, 2.05) is 41.3 Å². The third-order valence-corrected chi connectivity index (χ3v) is 6.62. The van der Waals surface area contributed by atoms with Crippen molar-refractivity contribution in [2.24, 2.45) is 0 Å². The molecule has 33 heavy (non-hydrogen) atoms. The first kappa shape index (κ1) is 21.0. The van der Waals surface area contributed by atoms with E-state index in [0.717, 1.165) is 22.9 Å². The monoisotopic (exact) mass is 438 g/mol. The zero-order chi connectivity index (χ0) is 22.9. The van der Waals surface area contributed by atoms with Gasteiger partial charge in [0.15, 0.2) is 0 Å². The molecule has 0 spiro atoms. The molecule has 2 amide bonds. The van der Waals surface area contributed by atoms with Crippen LogP contribution in [-0.2, 0) is 0 Å².